The first-order valence-electron chi connectivity index (χ1n) is 8.23. The Morgan fingerprint density at radius 1 is 1.23 bits per heavy atom. The summed E-state index contributed by atoms with van der Waals surface area (Å²) in [5.74, 6) is -0.685. The van der Waals surface area contributed by atoms with Gasteiger partial charge in [0, 0.05) is 5.92 Å². The molecule has 0 radical (unpaired) electrons. The monoisotopic (exact) mass is 355 g/mol. The highest BCUT2D eigenvalue weighted by atomic mass is 16.8. The van der Waals surface area contributed by atoms with Crippen molar-refractivity contribution >= 4 is 5.84 Å². The summed E-state index contributed by atoms with van der Waals surface area (Å²) in [6.07, 6.45) is -0.221. The van der Waals surface area contributed by atoms with E-state index in [9.17, 15) is 10.5 Å². The Morgan fingerprint density at radius 3 is 2.50 bits per heavy atom. The minimum Gasteiger partial charge on any atom is -0.493 e. The molecular formula is C18H19N4O4+. The fourth-order valence-electron chi connectivity index (χ4n) is 4.50. The molecule has 0 aromatic heterocycles. The van der Waals surface area contributed by atoms with Gasteiger partial charge in [0.2, 0.25) is 0 Å². The smallest absolute Gasteiger partial charge is 0.343 e. The van der Waals surface area contributed by atoms with Crippen LogP contribution in [0.25, 0.3) is 0 Å². The molecule has 4 rings (SSSR count). The second-order valence-electron chi connectivity index (χ2n) is 6.78. The molecule has 2 heterocycles. The van der Waals surface area contributed by atoms with E-state index >= 15 is 0 Å². The minimum absolute atomic E-state index is 0.190. The predicted molar refractivity (Wildman–Crippen MR) is 87.8 cm³/mol. The van der Waals surface area contributed by atoms with Crippen LogP contribution in [0.2, 0.25) is 0 Å². The number of hydrogen-bond acceptors (Lipinski definition) is 7. The Bertz CT molecular complexity index is 903. The molecule has 3 aliphatic rings. The zero-order chi connectivity index (χ0) is 18.7. The lowest BCUT2D eigenvalue weighted by Crippen LogP contribution is -2.90. The SMILES string of the molecule is COc1ccc([C@H]2[C@@]3(C#N)[C@]4([NH+]=C(N)[C@@]23C#N)OC[C@H](C)O4)cc1OC. The van der Waals surface area contributed by atoms with E-state index in [-0.39, 0.29) is 11.9 Å². The van der Waals surface area contributed by atoms with Gasteiger partial charge in [0.1, 0.15) is 0 Å². The van der Waals surface area contributed by atoms with E-state index in [0.29, 0.717) is 18.1 Å². The zero-order valence-corrected chi connectivity index (χ0v) is 14.7. The van der Waals surface area contributed by atoms with Crippen LogP contribution in [0.4, 0.5) is 0 Å². The third-order valence-electron chi connectivity index (χ3n) is 5.63. The van der Waals surface area contributed by atoms with E-state index in [4.69, 9.17) is 24.7 Å². The highest BCUT2D eigenvalue weighted by Crippen LogP contribution is 2.79. The molecule has 26 heavy (non-hydrogen) atoms. The van der Waals surface area contributed by atoms with Gasteiger partial charge in [0.15, 0.2) is 22.3 Å². The van der Waals surface area contributed by atoms with E-state index in [1.54, 1.807) is 19.2 Å². The summed E-state index contributed by atoms with van der Waals surface area (Å²) in [5.41, 5.74) is 4.40. The second-order valence-corrected chi connectivity index (χ2v) is 6.78. The van der Waals surface area contributed by atoms with Gasteiger partial charge in [-0.25, -0.2) is 4.99 Å². The van der Waals surface area contributed by atoms with E-state index in [1.165, 1.54) is 7.11 Å². The van der Waals surface area contributed by atoms with Crippen molar-refractivity contribution in [1.82, 2.24) is 0 Å². The third-order valence-corrected chi connectivity index (χ3v) is 5.63. The summed E-state index contributed by atoms with van der Waals surface area (Å²) in [5, 5.41) is 20.1. The molecule has 1 saturated heterocycles. The van der Waals surface area contributed by atoms with Gasteiger partial charge in [0.25, 0.3) is 5.84 Å². The van der Waals surface area contributed by atoms with Crippen LogP contribution in [-0.2, 0) is 9.47 Å². The van der Waals surface area contributed by atoms with Crippen LogP contribution < -0.4 is 20.2 Å². The lowest BCUT2D eigenvalue weighted by atomic mass is 9.94. The van der Waals surface area contributed by atoms with Crippen molar-refractivity contribution in [2.45, 2.75) is 24.9 Å². The number of fused-ring (bicyclic) bond motifs is 2. The fourth-order valence-corrected chi connectivity index (χ4v) is 4.50. The first kappa shape index (κ1) is 16.6. The summed E-state index contributed by atoms with van der Waals surface area (Å²) < 4.78 is 22.4. The van der Waals surface area contributed by atoms with Crippen molar-refractivity contribution in [2.75, 3.05) is 20.8 Å². The van der Waals surface area contributed by atoms with Gasteiger partial charge in [-0.15, -0.1) is 0 Å². The van der Waals surface area contributed by atoms with Gasteiger partial charge in [-0.1, -0.05) is 6.07 Å². The molecule has 8 heteroatoms. The van der Waals surface area contributed by atoms with E-state index in [1.807, 2.05) is 13.0 Å². The Morgan fingerprint density at radius 2 is 1.96 bits per heavy atom. The summed E-state index contributed by atoms with van der Waals surface area (Å²) in [6, 6.07) is 9.87. The van der Waals surface area contributed by atoms with Gasteiger partial charge in [0.05, 0.1) is 39.1 Å². The largest absolute Gasteiger partial charge is 0.493 e. The first-order valence-corrected chi connectivity index (χ1v) is 8.23. The van der Waals surface area contributed by atoms with E-state index in [2.05, 4.69) is 17.1 Å². The number of nitrogens with one attached hydrogen (secondary N) is 1. The van der Waals surface area contributed by atoms with Crippen molar-refractivity contribution in [3.63, 3.8) is 0 Å². The molecule has 1 aromatic rings. The normalized spacial score (nSPS) is 39.7. The molecule has 0 unspecified atom stereocenters. The molecule has 2 aliphatic heterocycles. The molecule has 0 amide bonds. The highest BCUT2D eigenvalue weighted by molar-refractivity contribution is 5.95. The topological polar surface area (TPSA) is 124 Å². The average molecular weight is 355 g/mol. The van der Waals surface area contributed by atoms with Gasteiger partial charge in [-0.2, -0.15) is 10.5 Å². The van der Waals surface area contributed by atoms with Crippen LogP contribution in [0.1, 0.15) is 18.4 Å². The van der Waals surface area contributed by atoms with Crippen LogP contribution in [0.5, 0.6) is 11.5 Å². The van der Waals surface area contributed by atoms with E-state index in [0.717, 1.165) is 5.56 Å². The summed E-state index contributed by atoms with van der Waals surface area (Å²) in [4.78, 5) is 2.94. The van der Waals surface area contributed by atoms with Crippen LogP contribution in [0.3, 0.4) is 0 Å². The molecule has 2 fully saturated rings. The molecule has 1 saturated carbocycles. The Hall–Kier alpha value is -2.81. The molecule has 3 N–H and O–H groups in total. The number of hydrogen-bond donors (Lipinski definition) is 2. The van der Waals surface area contributed by atoms with Gasteiger partial charge in [-0.3, -0.25) is 5.73 Å². The number of benzene rings is 1. The van der Waals surface area contributed by atoms with Crippen molar-refractivity contribution < 1.29 is 23.9 Å². The fraction of sp³-hybridized carbons (Fsp3) is 0.500. The Labute approximate surface area is 150 Å². The van der Waals surface area contributed by atoms with Crippen molar-refractivity contribution in [1.29, 1.82) is 10.5 Å². The zero-order valence-electron chi connectivity index (χ0n) is 14.7. The van der Waals surface area contributed by atoms with Crippen molar-refractivity contribution in [3.05, 3.63) is 23.8 Å². The van der Waals surface area contributed by atoms with Crippen molar-refractivity contribution in [3.8, 4) is 23.6 Å². The van der Waals surface area contributed by atoms with Gasteiger partial charge >= 0.3 is 5.91 Å². The van der Waals surface area contributed by atoms with Crippen LogP contribution >= 0.6 is 0 Å². The van der Waals surface area contributed by atoms with Crippen LogP contribution in [-0.4, -0.2) is 38.7 Å². The van der Waals surface area contributed by atoms with E-state index < -0.39 is 22.7 Å². The summed E-state index contributed by atoms with van der Waals surface area (Å²) in [7, 11) is 3.08. The molecule has 5 atom stereocenters. The van der Waals surface area contributed by atoms with Crippen molar-refractivity contribution in [2.24, 2.45) is 16.6 Å². The predicted octanol–water partition coefficient (Wildman–Crippen LogP) is -0.639. The maximum Gasteiger partial charge on any atom is 0.343 e. The first-order chi connectivity index (χ1) is 12.5. The molecule has 134 valence electrons. The van der Waals surface area contributed by atoms with Gasteiger partial charge in [-0.05, 0) is 24.6 Å². The molecule has 1 aliphatic carbocycles. The number of nitriles is 2. The van der Waals surface area contributed by atoms with Gasteiger partial charge < -0.3 is 18.9 Å². The number of nitrogens with zero attached hydrogens (tertiary/aromatic N) is 2. The lowest BCUT2D eigenvalue weighted by molar-refractivity contribution is -0.677. The summed E-state index contributed by atoms with van der Waals surface area (Å²) in [6.45, 7) is 2.15. The summed E-state index contributed by atoms with van der Waals surface area (Å²) >= 11 is 0. The Balaban J connectivity index is 1.88. The number of nitrogens with two attached hydrogens (primary N) is 1. The van der Waals surface area contributed by atoms with Crippen LogP contribution in [0, 0.1) is 33.5 Å². The minimum atomic E-state index is -1.43. The number of ether oxygens (including phenoxy) is 4. The highest BCUT2D eigenvalue weighted by Gasteiger charge is 2.97. The number of rotatable bonds is 3. The molecule has 1 aromatic carbocycles. The second kappa shape index (κ2) is 5.10. The molecule has 0 bridgehead atoms. The standard InChI is InChI=1S/C18H18N4O4/c1-10-7-25-18(26-10)17(9-20)14(16(17,8-19)15(21)22-18)11-4-5-12(23-2)13(6-11)24-3/h4-6,10,14H,7H2,1-3H3,(H2,21,22)/p+1/t10-,14+,16+,17+,18-/m0/s1. The maximum atomic E-state index is 10.1. The molecular weight excluding hydrogens is 336 g/mol. The maximum absolute atomic E-state index is 10.1. The lowest BCUT2D eigenvalue weighted by Gasteiger charge is -2.24. The number of amidine groups is 1. The molecule has 1 spiro atoms. The third kappa shape index (κ3) is 1.57. The Kier molecular flexibility index (Phi) is 3.27. The quantitative estimate of drug-likeness (QED) is 0.739. The number of methoxy groups -OCH3 is 2. The van der Waals surface area contributed by atoms with Crippen LogP contribution in [0.15, 0.2) is 18.2 Å². The molecule has 8 nitrogen and oxygen atoms in total. The average Bonchev–Trinajstić information content (AvgIpc) is 3.05.